The standard InChI is InChI=1S/3C26H26N4O6S3.H3N.Na/c3*1-36-26(32)29-21(15-17-6-3-2-4-7-17)24(31)27-20(22-16-38-25(28-22)23-8-5-13-37-23)14-18-9-11-19(12-10-18)30-39(33,34)35;;/h3*2-13,16,20-21,30H,14-15H2,1H3,(H,27,31)(H,29,32)(H,33,34,35);1H3;/q;;;;+1/p-1. The number of methoxy groups -OCH3 is 3. The van der Waals surface area contributed by atoms with E-state index in [0.717, 1.165) is 63.0 Å². The van der Waals surface area contributed by atoms with E-state index in [-0.39, 0.29) is 72.0 Å². The fourth-order valence-corrected chi connectivity index (χ4v) is 17.8. The van der Waals surface area contributed by atoms with Gasteiger partial charge in [-0.25, -0.2) is 46.2 Å². The Morgan fingerprint density at radius 1 is 0.353 bits per heavy atom. The number of hydrogen-bond acceptors (Lipinski definition) is 26. The molecule has 119 heavy (non-hydrogen) atoms. The molecule has 6 atom stereocenters. The van der Waals surface area contributed by atoms with Crippen molar-refractivity contribution in [1.29, 1.82) is 0 Å². The minimum atomic E-state index is -4.65. The normalized spacial score (nSPS) is 12.6. The van der Waals surface area contributed by atoms with Crippen molar-refractivity contribution in [3.63, 3.8) is 0 Å². The molecule has 0 bridgehead atoms. The second-order valence-corrected chi connectivity index (χ2v) is 34.2. The second-order valence-electron chi connectivity index (χ2n) is 25.4. The summed E-state index contributed by atoms with van der Waals surface area (Å²) in [7, 11) is -10.0. The van der Waals surface area contributed by atoms with Gasteiger partial charge in [0.1, 0.15) is 33.1 Å². The van der Waals surface area contributed by atoms with E-state index in [2.05, 4.69) is 31.9 Å². The van der Waals surface area contributed by atoms with E-state index in [1.54, 1.807) is 70.4 Å². The largest absolute Gasteiger partial charge is 1.00 e. The number of amides is 6. The van der Waals surface area contributed by atoms with Gasteiger partial charge < -0.3 is 61.4 Å². The number of anilines is 3. The molecule has 6 heterocycles. The van der Waals surface area contributed by atoms with Crippen LogP contribution in [-0.2, 0) is 98.0 Å². The molecule has 41 heteroatoms. The average molecular weight is 1800 g/mol. The molecule has 6 aromatic heterocycles. The molecule has 0 aliphatic carbocycles. The van der Waals surface area contributed by atoms with Crippen molar-refractivity contribution in [3.8, 4) is 29.7 Å². The summed E-state index contributed by atoms with van der Waals surface area (Å²) in [6.07, 6.45) is -0.464. The zero-order valence-electron chi connectivity index (χ0n) is 64.1. The number of hydrogen-bond donors (Lipinski definition) is 11. The van der Waals surface area contributed by atoms with Gasteiger partial charge in [-0.2, -0.15) is 8.42 Å². The van der Waals surface area contributed by atoms with Gasteiger partial charge in [-0.1, -0.05) is 146 Å². The quantitative estimate of drug-likeness (QED) is 0.0103. The molecule has 0 fully saturated rings. The molecule has 6 unspecified atom stereocenters. The number of quaternary nitrogens is 1. The van der Waals surface area contributed by atoms with Crippen molar-refractivity contribution in [1.82, 2.24) is 53.0 Å². The van der Waals surface area contributed by atoms with Crippen molar-refractivity contribution < 1.29 is 111 Å². The smallest absolute Gasteiger partial charge is 0.731 e. The summed E-state index contributed by atoms with van der Waals surface area (Å²) >= 11 is 9.05. The number of aromatic nitrogens is 3. The molecule has 0 saturated heterocycles. The SMILES string of the molecule is COC(=O)NC(Cc1ccccc1)C(=O)NC(Cc1ccc(NS(=O)(=O)O)cc1)c1csc(-c2cccs2)n1.COC(=O)NC(Cc1ccccc1)C(=O)NC(Cc1ccc(NS(=O)(=O)[O-])cc1)c1csc(-c2cccs2)n1.COC(=O)NC(Cc1ccccc1)C(=O)NC(Cc1ccc(NS(=O)(=O)[O-])cc1)c1csc(-c2cccs2)n1.[NH4+].[Na+]. The van der Waals surface area contributed by atoms with E-state index in [4.69, 9.17) is 33.7 Å². The number of rotatable bonds is 33. The number of carbonyl (C=O) groups excluding carboxylic acids is 6. The molecule has 0 radical (unpaired) electrons. The molecule has 14 N–H and O–H groups in total. The number of alkyl carbamates (subject to hydrolysis) is 3. The number of ether oxygens (including phenoxy) is 3. The van der Waals surface area contributed by atoms with Crippen LogP contribution in [0.5, 0.6) is 0 Å². The Morgan fingerprint density at radius 3 is 0.832 bits per heavy atom. The maximum absolute atomic E-state index is 13.5. The number of nitrogens with zero attached hydrogens (tertiary/aromatic N) is 3. The monoisotopic (exact) mass is 1800 g/mol. The van der Waals surface area contributed by atoms with Crippen molar-refractivity contribution in [3.05, 3.63) is 283 Å². The fraction of sp³-hybridized carbons (Fsp3) is 0.192. The van der Waals surface area contributed by atoms with Crippen LogP contribution in [0.15, 0.2) is 232 Å². The zero-order valence-corrected chi connectivity index (χ0v) is 73.5. The van der Waals surface area contributed by atoms with Crippen LogP contribution >= 0.6 is 68.0 Å². The third-order valence-electron chi connectivity index (χ3n) is 16.9. The van der Waals surface area contributed by atoms with Gasteiger partial charge in [0.25, 0.3) is 0 Å². The van der Waals surface area contributed by atoms with Gasteiger partial charge in [-0.05, 0) is 123 Å². The van der Waals surface area contributed by atoms with E-state index < -0.39 is 103 Å². The molecule has 620 valence electrons. The van der Waals surface area contributed by atoms with E-state index in [0.29, 0.717) is 36.3 Å². The average Bonchev–Trinajstić information content (AvgIpc) is 1.72. The minimum absolute atomic E-state index is 0. The molecular weight excluding hydrogens is 1720 g/mol. The summed E-state index contributed by atoms with van der Waals surface area (Å²) in [6.45, 7) is 0. The Labute approximate surface area is 732 Å². The Balaban J connectivity index is 0.000000220. The fourth-order valence-electron chi connectivity index (χ4n) is 11.4. The molecule has 31 nitrogen and oxygen atoms in total. The topological polar surface area (TPSA) is 482 Å². The minimum Gasteiger partial charge on any atom is -0.731 e. The van der Waals surface area contributed by atoms with Crippen molar-refractivity contribution in [2.45, 2.75) is 74.8 Å². The summed E-state index contributed by atoms with van der Waals surface area (Å²) in [4.78, 5) is 93.9. The molecule has 12 aromatic rings. The van der Waals surface area contributed by atoms with Crippen LogP contribution in [0.3, 0.4) is 0 Å². The molecule has 12 rings (SSSR count). The second kappa shape index (κ2) is 45.7. The Bertz CT molecular complexity index is 5030. The first-order chi connectivity index (χ1) is 56.1. The Hall–Kier alpha value is -10.4. The molecular formula is C78H80N13NaO18S9. The predicted molar refractivity (Wildman–Crippen MR) is 456 cm³/mol. The Kier molecular flexibility index (Phi) is 36.1. The number of nitrogens with one attached hydrogen (secondary N) is 9. The summed E-state index contributed by atoms with van der Waals surface area (Å²) in [5, 5.41) is 30.9. The number of carbonyl (C=O) groups is 6. The number of thiophene rings is 3. The van der Waals surface area contributed by atoms with Gasteiger partial charge in [0, 0.05) is 46.8 Å². The maximum atomic E-state index is 13.5. The molecule has 6 aromatic carbocycles. The van der Waals surface area contributed by atoms with Crippen molar-refractivity contribution >= 4 is 152 Å². The van der Waals surface area contributed by atoms with Crippen LogP contribution < -0.4 is 81.8 Å². The van der Waals surface area contributed by atoms with Gasteiger partial charge in [0.05, 0.1) is 76.9 Å². The van der Waals surface area contributed by atoms with E-state index in [1.807, 2.05) is 174 Å². The number of benzene rings is 6. The molecule has 0 aliphatic rings. The van der Waals surface area contributed by atoms with Crippen LogP contribution in [0.2, 0.25) is 0 Å². The first kappa shape index (κ1) is 94.1. The van der Waals surface area contributed by atoms with Crippen LogP contribution in [-0.4, -0.2) is 129 Å². The zero-order chi connectivity index (χ0) is 83.5. The molecule has 0 spiro atoms. The third-order valence-corrected chi connectivity index (χ3v) is 24.1. The first-order valence-corrected chi connectivity index (χ1v) is 44.7. The third kappa shape index (κ3) is 31.1. The van der Waals surface area contributed by atoms with Crippen LogP contribution in [0.1, 0.15) is 68.6 Å². The van der Waals surface area contributed by atoms with Crippen LogP contribution in [0.4, 0.5) is 31.4 Å². The summed E-state index contributed by atoms with van der Waals surface area (Å²) in [5.74, 6) is -1.25. The van der Waals surface area contributed by atoms with Gasteiger partial charge >= 0.3 is 58.1 Å². The van der Waals surface area contributed by atoms with Crippen LogP contribution in [0.25, 0.3) is 29.7 Å². The van der Waals surface area contributed by atoms with Gasteiger partial charge in [0.2, 0.25) is 17.7 Å². The van der Waals surface area contributed by atoms with Gasteiger partial charge in [0.15, 0.2) is 20.6 Å². The maximum Gasteiger partial charge on any atom is 1.00 e. The van der Waals surface area contributed by atoms with Crippen LogP contribution in [0, 0.1) is 0 Å². The van der Waals surface area contributed by atoms with Crippen molar-refractivity contribution in [2.75, 3.05) is 35.5 Å². The van der Waals surface area contributed by atoms with Gasteiger partial charge in [-0.3, -0.25) is 33.1 Å². The number of thiazole rings is 3. The summed E-state index contributed by atoms with van der Waals surface area (Å²) < 4.78 is 117. The van der Waals surface area contributed by atoms with E-state index in [1.165, 1.54) is 91.7 Å². The van der Waals surface area contributed by atoms with E-state index in [9.17, 15) is 63.1 Å². The molecule has 6 amide bonds. The first-order valence-electron chi connectivity index (χ1n) is 35.1. The predicted octanol–water partition coefficient (Wildman–Crippen LogP) is 10.1. The van der Waals surface area contributed by atoms with Crippen molar-refractivity contribution in [2.24, 2.45) is 0 Å². The van der Waals surface area contributed by atoms with Gasteiger partial charge in [-0.15, -0.1) is 68.0 Å². The summed E-state index contributed by atoms with van der Waals surface area (Å²) in [5.41, 5.74) is 7.27. The summed E-state index contributed by atoms with van der Waals surface area (Å²) in [6, 6.07) is 54.1. The van der Waals surface area contributed by atoms with E-state index >= 15 is 0 Å². The molecule has 0 aliphatic heterocycles. The Morgan fingerprint density at radius 2 is 0.605 bits per heavy atom. The molecule has 0 saturated carbocycles.